The van der Waals surface area contributed by atoms with Gasteiger partial charge in [0.05, 0.1) is 0 Å². The van der Waals surface area contributed by atoms with Crippen molar-refractivity contribution in [3.63, 3.8) is 0 Å². The molecule has 0 amide bonds. The third-order valence-electron chi connectivity index (χ3n) is 1.72. The number of rotatable bonds is 1. The van der Waals surface area contributed by atoms with E-state index < -0.39 is 0 Å². The molecule has 0 unspecified atom stereocenters. The van der Waals surface area contributed by atoms with Crippen LogP contribution in [-0.2, 0) is 0 Å². The fourth-order valence-corrected chi connectivity index (χ4v) is 1.12. The minimum Gasteiger partial charge on any atom is -0.0805 e. The smallest absolute Gasteiger partial charge is 0.0160 e. The average Bonchev–Trinajstić information content (AvgIpc) is 2.33. The highest BCUT2D eigenvalue weighted by atomic mass is 14.0. The van der Waals surface area contributed by atoms with Crippen LogP contribution in [0.4, 0.5) is 0 Å². The van der Waals surface area contributed by atoms with Gasteiger partial charge in [0.25, 0.3) is 0 Å². The highest BCUT2D eigenvalue weighted by Crippen LogP contribution is 2.12. The van der Waals surface area contributed by atoms with Crippen LogP contribution in [0, 0.1) is 0 Å². The van der Waals surface area contributed by atoms with Gasteiger partial charge in [-0.05, 0) is 19.8 Å². The minimum atomic E-state index is 1.09. The SMILES string of the molecule is CC.CCC1=CCC=CC(C)=C1. The molecule has 0 nitrogen and oxygen atoms in total. The highest BCUT2D eigenvalue weighted by Gasteiger charge is 1.92. The quantitative estimate of drug-likeness (QED) is 0.543. The van der Waals surface area contributed by atoms with E-state index in [9.17, 15) is 0 Å². The molecule has 0 heteroatoms. The topological polar surface area (TPSA) is 0 Å². The molecule has 0 aromatic carbocycles. The monoisotopic (exact) mass is 164 g/mol. The predicted molar refractivity (Wildman–Crippen MR) is 57.2 cm³/mol. The van der Waals surface area contributed by atoms with Crippen molar-refractivity contribution in [2.45, 2.75) is 40.5 Å². The van der Waals surface area contributed by atoms with Gasteiger partial charge in [0.2, 0.25) is 0 Å². The van der Waals surface area contributed by atoms with E-state index in [0.29, 0.717) is 0 Å². The zero-order valence-electron chi connectivity index (χ0n) is 8.72. The summed E-state index contributed by atoms with van der Waals surface area (Å²) in [6.07, 6.45) is 11.2. The summed E-state index contributed by atoms with van der Waals surface area (Å²) in [4.78, 5) is 0. The molecular formula is C12H20. The zero-order valence-corrected chi connectivity index (χ0v) is 8.72. The summed E-state index contributed by atoms with van der Waals surface area (Å²) in [6.45, 7) is 8.34. The summed E-state index contributed by atoms with van der Waals surface area (Å²) in [6, 6.07) is 0. The molecule has 1 aliphatic rings. The van der Waals surface area contributed by atoms with Crippen LogP contribution in [0.5, 0.6) is 0 Å². The molecule has 0 radical (unpaired) electrons. The van der Waals surface area contributed by atoms with Crippen molar-refractivity contribution in [3.8, 4) is 0 Å². The van der Waals surface area contributed by atoms with Gasteiger partial charge < -0.3 is 0 Å². The molecule has 12 heavy (non-hydrogen) atoms. The van der Waals surface area contributed by atoms with Gasteiger partial charge in [0.15, 0.2) is 0 Å². The van der Waals surface area contributed by atoms with Crippen molar-refractivity contribution in [3.05, 3.63) is 35.5 Å². The Morgan fingerprint density at radius 1 is 1.33 bits per heavy atom. The fraction of sp³-hybridized carbons (Fsp3) is 0.500. The Kier molecular flexibility index (Phi) is 6.45. The molecule has 1 rings (SSSR count). The Bertz CT molecular complexity index is 192. The second-order valence-electron chi connectivity index (χ2n) is 2.66. The standard InChI is InChI=1S/C10H14.C2H6/c1-3-10-7-5-4-6-9(2)8-10;1-2/h4,6-8H,3,5H2,1-2H3;1-2H3. The van der Waals surface area contributed by atoms with Crippen LogP contribution in [0.15, 0.2) is 35.5 Å². The van der Waals surface area contributed by atoms with E-state index in [-0.39, 0.29) is 0 Å². The Morgan fingerprint density at radius 3 is 2.58 bits per heavy atom. The van der Waals surface area contributed by atoms with Crippen molar-refractivity contribution in [2.24, 2.45) is 0 Å². The van der Waals surface area contributed by atoms with Crippen LogP contribution in [0.25, 0.3) is 0 Å². The van der Waals surface area contributed by atoms with Gasteiger partial charge in [-0.15, -0.1) is 0 Å². The summed E-state index contributed by atoms with van der Waals surface area (Å²) in [5, 5.41) is 0. The van der Waals surface area contributed by atoms with Gasteiger partial charge in [0.1, 0.15) is 0 Å². The third-order valence-corrected chi connectivity index (χ3v) is 1.72. The normalized spacial score (nSPS) is 15.3. The van der Waals surface area contributed by atoms with Gasteiger partial charge in [-0.2, -0.15) is 0 Å². The minimum absolute atomic E-state index is 1.09. The summed E-state index contributed by atoms with van der Waals surface area (Å²) >= 11 is 0. The molecule has 0 aliphatic heterocycles. The first kappa shape index (κ1) is 11.2. The molecule has 0 aromatic rings. The van der Waals surface area contributed by atoms with E-state index in [4.69, 9.17) is 0 Å². The summed E-state index contributed by atoms with van der Waals surface area (Å²) in [7, 11) is 0. The Hall–Kier alpha value is -0.780. The van der Waals surface area contributed by atoms with Crippen molar-refractivity contribution in [1.29, 1.82) is 0 Å². The van der Waals surface area contributed by atoms with Crippen molar-refractivity contribution in [2.75, 3.05) is 0 Å². The maximum atomic E-state index is 2.28. The molecule has 0 fully saturated rings. The van der Waals surface area contributed by atoms with Gasteiger partial charge in [-0.3, -0.25) is 0 Å². The molecule has 68 valence electrons. The Labute approximate surface area is 76.7 Å². The van der Waals surface area contributed by atoms with E-state index in [2.05, 4.69) is 38.2 Å². The maximum absolute atomic E-state index is 2.28. The summed E-state index contributed by atoms with van der Waals surface area (Å²) < 4.78 is 0. The predicted octanol–water partition coefficient (Wildman–Crippen LogP) is 4.26. The first-order valence-electron chi connectivity index (χ1n) is 4.87. The Morgan fingerprint density at radius 2 is 2.00 bits per heavy atom. The second kappa shape index (κ2) is 6.90. The first-order valence-corrected chi connectivity index (χ1v) is 4.87. The van der Waals surface area contributed by atoms with E-state index in [1.165, 1.54) is 11.1 Å². The van der Waals surface area contributed by atoms with E-state index in [0.717, 1.165) is 12.8 Å². The van der Waals surface area contributed by atoms with Crippen LogP contribution in [0.3, 0.4) is 0 Å². The number of hydrogen-bond acceptors (Lipinski definition) is 0. The lowest BCUT2D eigenvalue weighted by molar-refractivity contribution is 1.13. The lowest BCUT2D eigenvalue weighted by Crippen LogP contribution is -1.73. The lowest BCUT2D eigenvalue weighted by Gasteiger charge is -1.94. The average molecular weight is 164 g/mol. The number of allylic oxidation sites excluding steroid dienone is 6. The van der Waals surface area contributed by atoms with Crippen molar-refractivity contribution in [1.82, 2.24) is 0 Å². The van der Waals surface area contributed by atoms with Gasteiger partial charge >= 0.3 is 0 Å². The van der Waals surface area contributed by atoms with Gasteiger partial charge in [-0.1, -0.05) is 56.2 Å². The molecule has 0 saturated carbocycles. The largest absolute Gasteiger partial charge is 0.0805 e. The molecule has 0 saturated heterocycles. The molecule has 0 N–H and O–H groups in total. The maximum Gasteiger partial charge on any atom is -0.0160 e. The third kappa shape index (κ3) is 4.17. The van der Waals surface area contributed by atoms with Crippen LogP contribution in [-0.4, -0.2) is 0 Å². The second-order valence-corrected chi connectivity index (χ2v) is 2.66. The Balaban J connectivity index is 0.000000561. The first-order chi connectivity index (χ1) is 5.83. The van der Waals surface area contributed by atoms with Crippen LogP contribution in [0.1, 0.15) is 40.5 Å². The lowest BCUT2D eigenvalue weighted by atomic mass is 10.1. The highest BCUT2D eigenvalue weighted by molar-refractivity contribution is 5.31. The molecule has 0 atom stereocenters. The molecule has 0 heterocycles. The van der Waals surface area contributed by atoms with Gasteiger partial charge in [-0.25, -0.2) is 0 Å². The van der Waals surface area contributed by atoms with E-state index in [1.54, 1.807) is 0 Å². The van der Waals surface area contributed by atoms with Crippen molar-refractivity contribution >= 4 is 0 Å². The molecule has 0 aromatic heterocycles. The van der Waals surface area contributed by atoms with E-state index in [1.807, 2.05) is 13.8 Å². The fourth-order valence-electron chi connectivity index (χ4n) is 1.12. The van der Waals surface area contributed by atoms with Crippen LogP contribution >= 0.6 is 0 Å². The zero-order chi connectivity index (χ0) is 9.40. The summed E-state index contributed by atoms with van der Waals surface area (Å²) in [5.41, 5.74) is 2.83. The van der Waals surface area contributed by atoms with E-state index >= 15 is 0 Å². The molecule has 0 bridgehead atoms. The summed E-state index contributed by atoms with van der Waals surface area (Å²) in [5.74, 6) is 0. The molecular weight excluding hydrogens is 144 g/mol. The van der Waals surface area contributed by atoms with Crippen LogP contribution < -0.4 is 0 Å². The molecule has 0 spiro atoms. The molecule has 1 aliphatic carbocycles. The van der Waals surface area contributed by atoms with Gasteiger partial charge in [0, 0.05) is 0 Å². The van der Waals surface area contributed by atoms with Crippen LogP contribution in [0.2, 0.25) is 0 Å². The number of hydrogen-bond donors (Lipinski definition) is 0. The van der Waals surface area contributed by atoms with Crippen molar-refractivity contribution < 1.29 is 0 Å².